The molecule has 0 saturated carbocycles. The van der Waals surface area contributed by atoms with Gasteiger partial charge in [-0.15, -0.1) is 22.7 Å². The second kappa shape index (κ2) is 24.6. The molecule has 100 heavy (non-hydrogen) atoms. The first kappa shape index (κ1) is 58.4. The van der Waals surface area contributed by atoms with Gasteiger partial charge in [0.1, 0.15) is 11.6 Å². The Balaban J connectivity index is 0.000000139. The highest BCUT2D eigenvalue weighted by Gasteiger charge is 2.26. The number of fused-ring (bicyclic) bond motifs is 14. The van der Waals surface area contributed by atoms with E-state index in [2.05, 4.69) is 191 Å². The van der Waals surface area contributed by atoms with Crippen molar-refractivity contribution in [1.82, 2.24) is 49.0 Å². The third-order valence-electron chi connectivity index (χ3n) is 18.6. The summed E-state index contributed by atoms with van der Waals surface area (Å²) < 4.78 is 9.67. The van der Waals surface area contributed by atoms with Crippen LogP contribution in [0.3, 0.4) is 0 Å². The standard InChI is InChI=1S/2C44H27N5S/c1-4-14-28(15-5-1)31-26-35(43-47-41(29-16-6-2-7-17-29)46-42(48-43)30-18-8-3-9-19-30)44(45-27-31)49-36-22-12-10-21-34(36)39-37(49)25-24-33-32-20-11-13-23-38(32)50-40(33)39;1-4-14-28(15-5-1)31-26-35(43-47-41(29-16-6-2-7-17-29)46-42(48-43)30-18-8-3-9-19-30)44(45-27-31)49-36-22-12-10-20-32(36)33-24-25-38-39(40(33)49)34-21-11-13-23-37(34)50-38/h2*1-27H. The van der Waals surface area contributed by atoms with Crippen LogP contribution in [-0.4, -0.2) is 49.0 Å². The second-order valence-electron chi connectivity index (χ2n) is 24.6. The smallest absolute Gasteiger partial charge is 0.167 e. The molecule has 0 radical (unpaired) electrons. The minimum atomic E-state index is 0.561. The van der Waals surface area contributed by atoms with Gasteiger partial charge in [-0.3, -0.25) is 9.13 Å². The second-order valence-corrected chi connectivity index (χ2v) is 26.7. The molecule has 0 atom stereocenters. The summed E-state index contributed by atoms with van der Waals surface area (Å²) >= 11 is 3.67. The summed E-state index contributed by atoms with van der Waals surface area (Å²) in [5.74, 6) is 5.10. The van der Waals surface area contributed by atoms with Gasteiger partial charge in [-0.05, 0) is 59.7 Å². The maximum Gasteiger partial charge on any atom is 0.167 e. The predicted molar refractivity (Wildman–Crippen MR) is 413 cm³/mol. The highest BCUT2D eigenvalue weighted by atomic mass is 32.1. The molecule has 0 bridgehead atoms. The zero-order chi connectivity index (χ0) is 66.0. The van der Waals surface area contributed by atoms with Crippen molar-refractivity contribution in [1.29, 1.82) is 0 Å². The third kappa shape index (κ3) is 10.2. The fourth-order valence-electron chi connectivity index (χ4n) is 14.0. The van der Waals surface area contributed by atoms with Gasteiger partial charge in [-0.1, -0.05) is 267 Å². The number of hydrogen-bond acceptors (Lipinski definition) is 10. The topological polar surface area (TPSA) is 113 Å². The van der Waals surface area contributed by atoms with Gasteiger partial charge >= 0.3 is 0 Å². The minimum Gasteiger partial charge on any atom is -0.293 e. The van der Waals surface area contributed by atoms with Gasteiger partial charge in [0.15, 0.2) is 34.9 Å². The monoisotopic (exact) mass is 1310 g/mol. The van der Waals surface area contributed by atoms with Gasteiger partial charge in [-0.25, -0.2) is 39.9 Å². The summed E-state index contributed by atoms with van der Waals surface area (Å²) in [6, 6.07) is 109. The van der Waals surface area contributed by atoms with E-state index in [0.717, 1.165) is 89.3 Å². The van der Waals surface area contributed by atoms with E-state index in [1.165, 1.54) is 61.9 Å². The average molecular weight is 1320 g/mol. The molecule has 0 N–H and O–H groups in total. The highest BCUT2D eigenvalue weighted by Crippen LogP contribution is 2.47. The first-order valence-electron chi connectivity index (χ1n) is 33.1. The minimum absolute atomic E-state index is 0.561. The zero-order valence-electron chi connectivity index (χ0n) is 53.5. The molecule has 8 heterocycles. The van der Waals surface area contributed by atoms with Crippen molar-refractivity contribution in [3.63, 3.8) is 0 Å². The Morgan fingerprint density at radius 3 is 1.11 bits per heavy atom. The Hall–Kier alpha value is -13.0. The van der Waals surface area contributed by atoms with E-state index in [9.17, 15) is 0 Å². The SMILES string of the molecule is c1ccc(-c2cnc(-n3c4ccccc4c4c5sc6ccccc6c5ccc43)c(-c3nc(-c4ccccc4)nc(-c4ccccc4)n3)c2)cc1.c1ccc(-c2cnc(-n3c4ccccc4c4ccc5sc6ccccc6c5c43)c(-c3nc(-c4ccccc4)nc(-c4ccccc4)n3)c2)cc1. The lowest BCUT2D eigenvalue weighted by atomic mass is 10.0. The van der Waals surface area contributed by atoms with Crippen molar-refractivity contribution in [2.75, 3.05) is 0 Å². The van der Waals surface area contributed by atoms with Crippen LogP contribution in [0.4, 0.5) is 0 Å². The number of hydrogen-bond donors (Lipinski definition) is 0. The number of para-hydroxylation sites is 2. The van der Waals surface area contributed by atoms with Gasteiger partial charge in [-0.2, -0.15) is 0 Å². The van der Waals surface area contributed by atoms with Crippen LogP contribution in [-0.2, 0) is 0 Å². The van der Waals surface area contributed by atoms with Gasteiger partial charge < -0.3 is 0 Å². The third-order valence-corrected chi connectivity index (χ3v) is 20.9. The Bertz CT molecular complexity index is 6400. The van der Waals surface area contributed by atoms with Crippen LogP contribution in [0.5, 0.6) is 0 Å². The summed E-state index contributed by atoms with van der Waals surface area (Å²) in [7, 11) is 0. The summed E-state index contributed by atoms with van der Waals surface area (Å²) in [6.07, 6.45) is 3.93. The summed E-state index contributed by atoms with van der Waals surface area (Å²) in [6.45, 7) is 0. The number of thiophene rings is 2. The largest absolute Gasteiger partial charge is 0.293 e. The van der Waals surface area contributed by atoms with Gasteiger partial charge in [0.25, 0.3) is 0 Å². The van der Waals surface area contributed by atoms with E-state index in [-0.39, 0.29) is 0 Å². The van der Waals surface area contributed by atoms with Crippen LogP contribution in [0.15, 0.2) is 328 Å². The van der Waals surface area contributed by atoms with Gasteiger partial charge in [0.05, 0.1) is 33.2 Å². The molecule has 0 amide bonds. The lowest BCUT2D eigenvalue weighted by Gasteiger charge is -2.15. The normalized spacial score (nSPS) is 11.6. The van der Waals surface area contributed by atoms with Crippen LogP contribution >= 0.6 is 22.7 Å². The molecule has 12 aromatic carbocycles. The van der Waals surface area contributed by atoms with E-state index in [1.54, 1.807) is 0 Å². The molecule has 10 nitrogen and oxygen atoms in total. The molecule has 0 fully saturated rings. The average Bonchev–Trinajstić information content (AvgIpc) is 1.55. The maximum atomic E-state index is 5.32. The van der Waals surface area contributed by atoms with Crippen LogP contribution in [0.1, 0.15) is 0 Å². The molecule has 0 aliphatic carbocycles. The summed E-state index contributed by atoms with van der Waals surface area (Å²) in [5.41, 5.74) is 13.8. The van der Waals surface area contributed by atoms with Crippen LogP contribution < -0.4 is 0 Å². The molecule has 0 saturated heterocycles. The summed E-state index contributed by atoms with van der Waals surface area (Å²) in [5, 5.41) is 9.78. The Labute approximate surface area is 581 Å². The molecular formula is C88H54N10S2. The fraction of sp³-hybridized carbons (Fsp3) is 0. The first-order valence-corrected chi connectivity index (χ1v) is 34.8. The Kier molecular flexibility index (Phi) is 14.3. The molecule has 12 heteroatoms. The van der Waals surface area contributed by atoms with Crippen LogP contribution in [0.25, 0.3) is 186 Å². The maximum absolute atomic E-state index is 5.32. The highest BCUT2D eigenvalue weighted by molar-refractivity contribution is 7.27. The molecule has 20 rings (SSSR count). The van der Waals surface area contributed by atoms with Crippen LogP contribution in [0.2, 0.25) is 0 Å². The van der Waals surface area contributed by atoms with Gasteiger partial charge in [0, 0.05) is 108 Å². The molecule has 468 valence electrons. The number of aromatic nitrogens is 10. The Morgan fingerprint density at radius 1 is 0.230 bits per heavy atom. The number of pyridine rings is 2. The number of rotatable bonds is 10. The predicted octanol–water partition coefficient (Wildman–Crippen LogP) is 22.8. The molecule has 8 aromatic heterocycles. The van der Waals surface area contributed by atoms with Gasteiger partial charge in [0.2, 0.25) is 0 Å². The first-order chi connectivity index (χ1) is 49.6. The van der Waals surface area contributed by atoms with E-state index in [4.69, 9.17) is 39.9 Å². The van der Waals surface area contributed by atoms with Crippen molar-refractivity contribution in [3.05, 3.63) is 328 Å². The Morgan fingerprint density at radius 2 is 0.610 bits per heavy atom. The quantitative estimate of drug-likeness (QED) is 0.133. The van der Waals surface area contributed by atoms with Crippen molar-refractivity contribution in [2.24, 2.45) is 0 Å². The van der Waals surface area contributed by atoms with Crippen molar-refractivity contribution < 1.29 is 0 Å². The molecule has 20 aromatic rings. The number of benzene rings is 12. The van der Waals surface area contributed by atoms with E-state index in [1.807, 2.05) is 169 Å². The molecular weight excluding hydrogens is 1260 g/mol. The molecule has 0 spiro atoms. The van der Waals surface area contributed by atoms with Crippen molar-refractivity contribution in [3.8, 4) is 102 Å². The van der Waals surface area contributed by atoms with Crippen LogP contribution in [0, 0.1) is 0 Å². The molecule has 0 unspecified atom stereocenters. The number of nitrogens with zero attached hydrogens (tertiary/aromatic N) is 10. The fourth-order valence-corrected chi connectivity index (χ4v) is 16.4. The zero-order valence-corrected chi connectivity index (χ0v) is 55.1. The van der Waals surface area contributed by atoms with Crippen molar-refractivity contribution >= 4 is 107 Å². The lowest BCUT2D eigenvalue weighted by molar-refractivity contribution is 1.04. The van der Waals surface area contributed by atoms with E-state index in [0.29, 0.717) is 34.9 Å². The lowest BCUT2D eigenvalue weighted by Crippen LogP contribution is -2.06. The molecule has 0 aliphatic rings. The van der Waals surface area contributed by atoms with Crippen molar-refractivity contribution in [2.45, 2.75) is 0 Å². The van der Waals surface area contributed by atoms with E-state index >= 15 is 0 Å². The molecule has 0 aliphatic heterocycles. The van der Waals surface area contributed by atoms with E-state index < -0.39 is 0 Å². The summed E-state index contributed by atoms with van der Waals surface area (Å²) in [4.78, 5) is 41.3.